The van der Waals surface area contributed by atoms with Gasteiger partial charge in [0.25, 0.3) is 0 Å². The number of halogens is 2. The number of nitrogens with one attached hydrogen (secondary N) is 1. The van der Waals surface area contributed by atoms with E-state index < -0.39 is 0 Å². The van der Waals surface area contributed by atoms with Crippen LogP contribution in [0.2, 0.25) is 0 Å². The van der Waals surface area contributed by atoms with Gasteiger partial charge in [-0.25, -0.2) is 4.79 Å². The average molecular weight is 361 g/mol. The predicted octanol–water partition coefficient (Wildman–Crippen LogP) is 4.26. The molecule has 0 aliphatic rings. The molecule has 0 saturated heterocycles. The Labute approximate surface area is 116 Å². The molecule has 2 aromatic rings. The first kappa shape index (κ1) is 12.6. The van der Waals surface area contributed by atoms with Gasteiger partial charge in [0.15, 0.2) is 0 Å². The standard InChI is InChI=1S/C12H11Br2NO2/c1-6(2)17-12(16)11-4-7-3-8(13)9(14)5-10(7)15-11/h3-6,15H,1-2H3. The highest BCUT2D eigenvalue weighted by Crippen LogP contribution is 2.29. The minimum Gasteiger partial charge on any atom is -0.458 e. The van der Waals surface area contributed by atoms with Crippen LogP contribution in [0.3, 0.4) is 0 Å². The molecule has 0 atom stereocenters. The number of H-pyrrole nitrogens is 1. The van der Waals surface area contributed by atoms with Crippen LogP contribution in [0.1, 0.15) is 24.3 Å². The number of hydrogen-bond acceptors (Lipinski definition) is 2. The Morgan fingerprint density at radius 3 is 2.53 bits per heavy atom. The Bertz CT molecular complexity index is 536. The van der Waals surface area contributed by atoms with Crippen molar-refractivity contribution in [2.45, 2.75) is 20.0 Å². The Balaban J connectivity index is 2.41. The second kappa shape index (κ2) is 4.82. The van der Waals surface area contributed by atoms with Gasteiger partial charge in [-0.3, -0.25) is 0 Å². The maximum Gasteiger partial charge on any atom is 0.355 e. The monoisotopic (exact) mass is 359 g/mol. The molecule has 0 aliphatic carbocycles. The summed E-state index contributed by atoms with van der Waals surface area (Å²) in [4.78, 5) is 14.8. The van der Waals surface area contributed by atoms with Crippen LogP contribution in [-0.4, -0.2) is 17.1 Å². The van der Waals surface area contributed by atoms with E-state index in [0.29, 0.717) is 5.69 Å². The van der Waals surface area contributed by atoms with Crippen molar-refractivity contribution in [2.24, 2.45) is 0 Å². The minimum absolute atomic E-state index is 0.118. The van der Waals surface area contributed by atoms with Crippen molar-refractivity contribution in [3.05, 3.63) is 32.8 Å². The summed E-state index contributed by atoms with van der Waals surface area (Å²) in [5, 5.41) is 0.968. The van der Waals surface area contributed by atoms with Gasteiger partial charge in [0.05, 0.1) is 6.10 Å². The van der Waals surface area contributed by atoms with Crippen LogP contribution in [-0.2, 0) is 4.74 Å². The maximum absolute atomic E-state index is 11.7. The molecule has 0 fully saturated rings. The first-order valence-electron chi connectivity index (χ1n) is 5.16. The zero-order chi connectivity index (χ0) is 12.6. The van der Waals surface area contributed by atoms with Crippen LogP contribution in [0.15, 0.2) is 27.1 Å². The highest BCUT2D eigenvalue weighted by atomic mass is 79.9. The molecule has 0 radical (unpaired) electrons. The molecule has 90 valence electrons. The van der Waals surface area contributed by atoms with E-state index in [2.05, 4.69) is 36.8 Å². The molecule has 1 aromatic carbocycles. The number of rotatable bonds is 2. The lowest BCUT2D eigenvalue weighted by Gasteiger charge is -2.05. The Morgan fingerprint density at radius 1 is 1.24 bits per heavy atom. The van der Waals surface area contributed by atoms with Gasteiger partial charge in [-0.2, -0.15) is 0 Å². The molecule has 3 nitrogen and oxygen atoms in total. The molecule has 0 bridgehead atoms. The van der Waals surface area contributed by atoms with Gasteiger partial charge in [0.2, 0.25) is 0 Å². The third-order valence-corrected chi connectivity index (χ3v) is 4.07. The summed E-state index contributed by atoms with van der Waals surface area (Å²) < 4.78 is 7.02. The fourth-order valence-electron chi connectivity index (χ4n) is 1.51. The van der Waals surface area contributed by atoms with E-state index >= 15 is 0 Å². The summed E-state index contributed by atoms with van der Waals surface area (Å²) in [6.45, 7) is 3.65. The van der Waals surface area contributed by atoms with Crippen molar-refractivity contribution in [1.82, 2.24) is 4.98 Å². The fourth-order valence-corrected chi connectivity index (χ4v) is 2.22. The summed E-state index contributed by atoms with van der Waals surface area (Å²) in [7, 11) is 0. The Morgan fingerprint density at radius 2 is 1.88 bits per heavy atom. The second-order valence-corrected chi connectivity index (χ2v) is 5.70. The highest BCUT2D eigenvalue weighted by molar-refractivity contribution is 9.13. The number of ether oxygens (including phenoxy) is 1. The number of carbonyl (C=O) groups excluding carboxylic acids is 1. The van der Waals surface area contributed by atoms with Gasteiger partial charge < -0.3 is 9.72 Å². The van der Waals surface area contributed by atoms with Crippen molar-refractivity contribution in [1.29, 1.82) is 0 Å². The summed E-state index contributed by atoms with van der Waals surface area (Å²) >= 11 is 6.85. The first-order valence-corrected chi connectivity index (χ1v) is 6.74. The van der Waals surface area contributed by atoms with E-state index in [-0.39, 0.29) is 12.1 Å². The van der Waals surface area contributed by atoms with E-state index in [1.807, 2.05) is 26.0 Å². The zero-order valence-electron chi connectivity index (χ0n) is 9.38. The summed E-state index contributed by atoms with van der Waals surface area (Å²) in [6, 6.07) is 5.66. The third kappa shape index (κ3) is 2.72. The van der Waals surface area contributed by atoms with Crippen molar-refractivity contribution in [3.8, 4) is 0 Å². The van der Waals surface area contributed by atoms with Crippen LogP contribution in [0.4, 0.5) is 0 Å². The average Bonchev–Trinajstić information content (AvgIpc) is 2.60. The number of hydrogen-bond donors (Lipinski definition) is 1. The zero-order valence-corrected chi connectivity index (χ0v) is 12.6. The third-order valence-electron chi connectivity index (χ3n) is 2.22. The van der Waals surface area contributed by atoms with E-state index in [0.717, 1.165) is 19.8 Å². The minimum atomic E-state index is -0.330. The fraction of sp³-hybridized carbons (Fsp3) is 0.250. The van der Waals surface area contributed by atoms with Crippen LogP contribution >= 0.6 is 31.9 Å². The number of fused-ring (bicyclic) bond motifs is 1. The summed E-state index contributed by atoms with van der Waals surface area (Å²) in [5.41, 5.74) is 1.37. The summed E-state index contributed by atoms with van der Waals surface area (Å²) in [6.07, 6.45) is -0.118. The first-order chi connectivity index (χ1) is 7.97. The molecule has 1 heterocycles. The van der Waals surface area contributed by atoms with Gasteiger partial charge in [-0.05, 0) is 63.9 Å². The van der Waals surface area contributed by atoms with Gasteiger partial charge in [-0.1, -0.05) is 0 Å². The number of benzene rings is 1. The predicted molar refractivity (Wildman–Crippen MR) is 74.3 cm³/mol. The normalized spacial score (nSPS) is 11.1. The SMILES string of the molecule is CC(C)OC(=O)c1cc2cc(Br)c(Br)cc2[nH]1. The number of carbonyl (C=O) groups is 1. The van der Waals surface area contributed by atoms with Crippen LogP contribution in [0, 0.1) is 0 Å². The van der Waals surface area contributed by atoms with Gasteiger partial charge in [0, 0.05) is 19.8 Å². The Hall–Kier alpha value is -0.810. The lowest BCUT2D eigenvalue weighted by Crippen LogP contribution is -2.11. The van der Waals surface area contributed by atoms with Gasteiger partial charge in [-0.15, -0.1) is 0 Å². The quantitative estimate of drug-likeness (QED) is 0.813. The van der Waals surface area contributed by atoms with Crippen LogP contribution < -0.4 is 0 Å². The van der Waals surface area contributed by atoms with Crippen molar-refractivity contribution in [3.63, 3.8) is 0 Å². The number of aromatic amines is 1. The van der Waals surface area contributed by atoms with Crippen molar-refractivity contribution >= 4 is 48.7 Å². The molecule has 5 heteroatoms. The van der Waals surface area contributed by atoms with Crippen molar-refractivity contribution in [2.75, 3.05) is 0 Å². The largest absolute Gasteiger partial charge is 0.458 e. The number of esters is 1. The number of aromatic nitrogens is 1. The van der Waals surface area contributed by atoms with Crippen LogP contribution in [0.25, 0.3) is 10.9 Å². The molecule has 1 N–H and O–H groups in total. The van der Waals surface area contributed by atoms with E-state index in [4.69, 9.17) is 4.74 Å². The van der Waals surface area contributed by atoms with Crippen LogP contribution in [0.5, 0.6) is 0 Å². The molecule has 0 aliphatic heterocycles. The molecule has 0 saturated carbocycles. The highest BCUT2D eigenvalue weighted by Gasteiger charge is 2.13. The van der Waals surface area contributed by atoms with E-state index in [1.165, 1.54) is 0 Å². The van der Waals surface area contributed by atoms with Gasteiger partial charge in [0.1, 0.15) is 5.69 Å². The van der Waals surface area contributed by atoms with E-state index in [1.54, 1.807) is 6.07 Å². The lowest BCUT2D eigenvalue weighted by molar-refractivity contribution is 0.0372. The smallest absolute Gasteiger partial charge is 0.355 e. The molecular weight excluding hydrogens is 350 g/mol. The molecule has 0 spiro atoms. The summed E-state index contributed by atoms with van der Waals surface area (Å²) in [5.74, 6) is -0.330. The van der Waals surface area contributed by atoms with E-state index in [9.17, 15) is 4.79 Å². The topological polar surface area (TPSA) is 42.1 Å². The molecule has 2 rings (SSSR count). The van der Waals surface area contributed by atoms with Crippen molar-refractivity contribution < 1.29 is 9.53 Å². The molecular formula is C12H11Br2NO2. The molecule has 17 heavy (non-hydrogen) atoms. The molecule has 0 unspecified atom stereocenters. The lowest BCUT2D eigenvalue weighted by atomic mass is 10.2. The Kier molecular flexibility index (Phi) is 3.58. The molecule has 0 amide bonds. The second-order valence-electron chi connectivity index (χ2n) is 3.99. The van der Waals surface area contributed by atoms with Gasteiger partial charge >= 0.3 is 5.97 Å². The maximum atomic E-state index is 11.7. The molecule has 1 aromatic heterocycles.